The number of hydrazone groups is 1. The maximum absolute atomic E-state index is 13.1. The SMILES string of the molecule is CCCC(=O)N1N=C(c2ccc(F)cc2)CC1c1ccc(Br)cc1. The minimum absolute atomic E-state index is 0.0162. The minimum atomic E-state index is -0.277. The van der Waals surface area contributed by atoms with Crippen molar-refractivity contribution in [1.29, 1.82) is 0 Å². The molecule has 1 aliphatic rings. The van der Waals surface area contributed by atoms with Gasteiger partial charge in [0.15, 0.2) is 0 Å². The van der Waals surface area contributed by atoms with E-state index in [1.807, 2.05) is 31.2 Å². The summed E-state index contributed by atoms with van der Waals surface area (Å²) in [4.78, 5) is 12.5. The Morgan fingerprint density at radius 1 is 1.21 bits per heavy atom. The van der Waals surface area contributed by atoms with Crippen LogP contribution in [0.5, 0.6) is 0 Å². The molecule has 3 rings (SSSR count). The van der Waals surface area contributed by atoms with Crippen molar-refractivity contribution in [1.82, 2.24) is 5.01 Å². The zero-order chi connectivity index (χ0) is 17.1. The summed E-state index contributed by atoms with van der Waals surface area (Å²) in [5.74, 6) is -0.261. The van der Waals surface area contributed by atoms with Crippen LogP contribution in [0.3, 0.4) is 0 Å². The second-order valence-electron chi connectivity index (χ2n) is 5.81. The van der Waals surface area contributed by atoms with Gasteiger partial charge in [-0.05, 0) is 41.8 Å². The highest BCUT2D eigenvalue weighted by atomic mass is 79.9. The first kappa shape index (κ1) is 16.8. The third-order valence-corrected chi connectivity index (χ3v) is 4.59. The number of hydrogen-bond donors (Lipinski definition) is 0. The van der Waals surface area contributed by atoms with E-state index in [2.05, 4.69) is 21.0 Å². The van der Waals surface area contributed by atoms with Crippen molar-refractivity contribution < 1.29 is 9.18 Å². The summed E-state index contributed by atoms with van der Waals surface area (Å²) in [6.45, 7) is 1.98. The number of nitrogens with zero attached hydrogens (tertiary/aromatic N) is 2. The second-order valence-corrected chi connectivity index (χ2v) is 6.73. The number of hydrogen-bond acceptors (Lipinski definition) is 2. The van der Waals surface area contributed by atoms with Gasteiger partial charge < -0.3 is 0 Å². The Morgan fingerprint density at radius 3 is 2.50 bits per heavy atom. The third kappa shape index (κ3) is 3.56. The van der Waals surface area contributed by atoms with Gasteiger partial charge in [-0.2, -0.15) is 5.10 Å². The molecule has 2 aromatic rings. The van der Waals surface area contributed by atoms with Crippen LogP contribution in [0.25, 0.3) is 0 Å². The standard InChI is InChI=1S/C19H18BrFN2O/c1-2-3-19(24)23-18(14-4-8-15(20)9-5-14)12-17(22-23)13-6-10-16(21)11-7-13/h4-11,18H,2-3,12H2,1H3. The predicted molar refractivity (Wildman–Crippen MR) is 96.2 cm³/mol. The van der Waals surface area contributed by atoms with Crippen LogP contribution < -0.4 is 0 Å². The largest absolute Gasteiger partial charge is 0.273 e. The molecule has 0 saturated carbocycles. The lowest BCUT2D eigenvalue weighted by Gasteiger charge is -2.22. The van der Waals surface area contributed by atoms with Gasteiger partial charge in [0, 0.05) is 17.3 Å². The number of rotatable bonds is 4. The average Bonchev–Trinajstić information content (AvgIpc) is 3.02. The molecule has 0 aliphatic carbocycles. The number of halogens is 2. The molecule has 0 aromatic heterocycles. The van der Waals surface area contributed by atoms with Gasteiger partial charge >= 0.3 is 0 Å². The minimum Gasteiger partial charge on any atom is -0.273 e. The number of carbonyl (C=O) groups excluding carboxylic acids is 1. The number of amides is 1. The monoisotopic (exact) mass is 388 g/mol. The van der Waals surface area contributed by atoms with Crippen molar-refractivity contribution in [2.45, 2.75) is 32.2 Å². The zero-order valence-electron chi connectivity index (χ0n) is 13.4. The molecular formula is C19H18BrFN2O. The first-order valence-electron chi connectivity index (χ1n) is 7.99. The van der Waals surface area contributed by atoms with E-state index in [9.17, 15) is 9.18 Å². The van der Waals surface area contributed by atoms with Crippen LogP contribution in [0.1, 0.15) is 43.4 Å². The third-order valence-electron chi connectivity index (χ3n) is 4.06. The molecule has 1 amide bonds. The van der Waals surface area contributed by atoms with E-state index in [4.69, 9.17) is 0 Å². The van der Waals surface area contributed by atoms with Gasteiger partial charge in [-0.1, -0.05) is 47.1 Å². The van der Waals surface area contributed by atoms with Gasteiger partial charge in [-0.3, -0.25) is 4.79 Å². The summed E-state index contributed by atoms with van der Waals surface area (Å²) in [7, 11) is 0. The van der Waals surface area contributed by atoms with Crippen LogP contribution in [-0.2, 0) is 4.79 Å². The van der Waals surface area contributed by atoms with E-state index >= 15 is 0 Å². The second kappa shape index (κ2) is 7.26. The van der Waals surface area contributed by atoms with Crippen LogP contribution in [-0.4, -0.2) is 16.6 Å². The van der Waals surface area contributed by atoms with E-state index < -0.39 is 0 Å². The fourth-order valence-electron chi connectivity index (χ4n) is 2.83. The Bertz CT molecular complexity index is 756. The lowest BCUT2D eigenvalue weighted by atomic mass is 9.98. The highest BCUT2D eigenvalue weighted by Gasteiger charge is 2.32. The highest BCUT2D eigenvalue weighted by Crippen LogP contribution is 2.34. The zero-order valence-corrected chi connectivity index (χ0v) is 15.0. The summed E-state index contributed by atoms with van der Waals surface area (Å²) in [5.41, 5.74) is 2.71. The Morgan fingerprint density at radius 2 is 1.88 bits per heavy atom. The van der Waals surface area contributed by atoms with Crippen molar-refractivity contribution in [3.05, 3.63) is 69.9 Å². The Balaban J connectivity index is 1.92. The molecule has 124 valence electrons. The first-order chi connectivity index (χ1) is 11.6. The van der Waals surface area contributed by atoms with Crippen LogP contribution in [0.2, 0.25) is 0 Å². The molecule has 0 fully saturated rings. The molecule has 0 spiro atoms. The maximum atomic E-state index is 13.1. The van der Waals surface area contributed by atoms with Crippen LogP contribution in [0, 0.1) is 5.82 Å². The van der Waals surface area contributed by atoms with Gasteiger partial charge in [0.05, 0.1) is 11.8 Å². The molecule has 1 atom stereocenters. The lowest BCUT2D eigenvalue weighted by Crippen LogP contribution is -2.26. The summed E-state index contributed by atoms with van der Waals surface area (Å²) in [6.07, 6.45) is 1.87. The van der Waals surface area contributed by atoms with E-state index in [0.29, 0.717) is 12.8 Å². The maximum Gasteiger partial charge on any atom is 0.243 e. The van der Waals surface area contributed by atoms with Crippen molar-refractivity contribution >= 4 is 27.5 Å². The van der Waals surface area contributed by atoms with Gasteiger partial charge in [-0.25, -0.2) is 9.40 Å². The van der Waals surface area contributed by atoms with E-state index in [-0.39, 0.29) is 17.8 Å². The topological polar surface area (TPSA) is 32.7 Å². The van der Waals surface area contributed by atoms with Crippen LogP contribution in [0.15, 0.2) is 58.1 Å². The fourth-order valence-corrected chi connectivity index (χ4v) is 3.09. The molecule has 0 radical (unpaired) electrons. The van der Waals surface area contributed by atoms with Gasteiger partial charge in [-0.15, -0.1) is 0 Å². The molecule has 0 bridgehead atoms. The molecule has 1 aliphatic heterocycles. The quantitative estimate of drug-likeness (QED) is 0.719. The average molecular weight is 389 g/mol. The molecule has 0 N–H and O–H groups in total. The van der Waals surface area contributed by atoms with E-state index in [1.165, 1.54) is 12.1 Å². The van der Waals surface area contributed by atoms with E-state index in [1.54, 1.807) is 17.1 Å². The van der Waals surface area contributed by atoms with Crippen molar-refractivity contribution in [2.24, 2.45) is 5.10 Å². The first-order valence-corrected chi connectivity index (χ1v) is 8.78. The van der Waals surface area contributed by atoms with Crippen LogP contribution >= 0.6 is 15.9 Å². The Kier molecular flexibility index (Phi) is 5.09. The smallest absolute Gasteiger partial charge is 0.243 e. The summed E-state index contributed by atoms with van der Waals surface area (Å²) < 4.78 is 14.1. The molecule has 24 heavy (non-hydrogen) atoms. The predicted octanol–water partition coefficient (Wildman–Crippen LogP) is 5.07. The fraction of sp³-hybridized carbons (Fsp3) is 0.263. The van der Waals surface area contributed by atoms with E-state index in [0.717, 1.165) is 27.7 Å². The molecule has 5 heteroatoms. The van der Waals surface area contributed by atoms with Crippen LogP contribution in [0.4, 0.5) is 4.39 Å². The van der Waals surface area contributed by atoms with Gasteiger partial charge in [0.1, 0.15) is 5.82 Å². The van der Waals surface area contributed by atoms with Gasteiger partial charge in [0.25, 0.3) is 0 Å². The van der Waals surface area contributed by atoms with Crippen molar-refractivity contribution in [3.63, 3.8) is 0 Å². The van der Waals surface area contributed by atoms with Gasteiger partial charge in [0.2, 0.25) is 5.91 Å². The summed E-state index contributed by atoms with van der Waals surface area (Å²) in [5, 5.41) is 6.14. The number of carbonyl (C=O) groups is 1. The Labute approximate surface area is 149 Å². The highest BCUT2D eigenvalue weighted by molar-refractivity contribution is 9.10. The molecule has 0 saturated heterocycles. The molecule has 3 nitrogen and oxygen atoms in total. The molecule has 1 heterocycles. The molecule has 1 unspecified atom stereocenters. The lowest BCUT2D eigenvalue weighted by molar-refractivity contribution is -0.133. The molecule has 2 aromatic carbocycles. The number of benzene rings is 2. The normalized spacial score (nSPS) is 17.0. The van der Waals surface area contributed by atoms with Crippen molar-refractivity contribution in [2.75, 3.05) is 0 Å². The van der Waals surface area contributed by atoms with Crippen molar-refractivity contribution in [3.8, 4) is 0 Å². The Hall–Kier alpha value is -2.01. The molecular weight excluding hydrogens is 371 g/mol. The summed E-state index contributed by atoms with van der Waals surface area (Å²) >= 11 is 3.43. The summed E-state index contributed by atoms with van der Waals surface area (Å²) in [6, 6.07) is 14.1.